The Balaban J connectivity index is 2.31. The molecule has 0 spiro atoms. The number of amides is 1. The maximum atomic E-state index is 10.9. The highest BCUT2D eigenvalue weighted by Crippen LogP contribution is 2.27. The fraction of sp³-hybridized carbons (Fsp3) is 0.364. The summed E-state index contributed by atoms with van der Waals surface area (Å²) in [5, 5.41) is 0. The highest BCUT2D eigenvalue weighted by atomic mass is 16.5. The van der Waals surface area contributed by atoms with Crippen molar-refractivity contribution in [1.29, 1.82) is 0 Å². The maximum absolute atomic E-state index is 10.9. The minimum atomic E-state index is -0.725. The summed E-state index contributed by atoms with van der Waals surface area (Å²) < 4.78 is 5.46. The summed E-state index contributed by atoms with van der Waals surface area (Å²) in [6, 6.07) is 4.83. The predicted molar refractivity (Wildman–Crippen MR) is 56.4 cm³/mol. The van der Waals surface area contributed by atoms with Gasteiger partial charge in [0.05, 0.1) is 6.61 Å². The molecule has 1 heterocycles. The molecule has 0 aliphatic carbocycles. The summed E-state index contributed by atoms with van der Waals surface area (Å²) >= 11 is 0. The van der Waals surface area contributed by atoms with Gasteiger partial charge in [0.2, 0.25) is 5.91 Å². The van der Waals surface area contributed by atoms with Gasteiger partial charge in [-0.3, -0.25) is 4.79 Å². The lowest BCUT2D eigenvalue weighted by atomic mass is 9.99. The molecular weight excluding hydrogens is 192 g/mol. The zero-order chi connectivity index (χ0) is 10.8. The number of carbonyl (C=O) groups is 1. The Labute approximate surface area is 88.2 Å². The van der Waals surface area contributed by atoms with Gasteiger partial charge in [-0.2, -0.15) is 0 Å². The lowest BCUT2D eigenvalue weighted by Gasteiger charge is -2.18. The Morgan fingerprint density at radius 3 is 3.00 bits per heavy atom. The van der Waals surface area contributed by atoms with Gasteiger partial charge in [-0.05, 0) is 30.0 Å². The lowest BCUT2D eigenvalue weighted by molar-refractivity contribution is -0.119. The van der Waals surface area contributed by atoms with Crippen LogP contribution in [0, 0.1) is 0 Å². The summed E-state index contributed by atoms with van der Waals surface area (Å²) in [6.07, 6.45) is 1.97. The number of primary amides is 1. The van der Waals surface area contributed by atoms with E-state index < -0.39 is 11.9 Å². The predicted octanol–water partition coefficient (Wildman–Crippen LogP) is 0.497. The van der Waals surface area contributed by atoms with E-state index in [2.05, 4.69) is 0 Å². The second-order valence-electron chi connectivity index (χ2n) is 3.70. The number of benzene rings is 1. The Morgan fingerprint density at radius 2 is 2.27 bits per heavy atom. The molecule has 1 amide bonds. The Hall–Kier alpha value is -1.55. The van der Waals surface area contributed by atoms with Crippen LogP contribution in [0.1, 0.15) is 23.6 Å². The van der Waals surface area contributed by atoms with E-state index in [-0.39, 0.29) is 0 Å². The molecule has 1 aromatic rings. The van der Waals surface area contributed by atoms with E-state index in [9.17, 15) is 4.79 Å². The number of fused-ring (bicyclic) bond motifs is 1. The van der Waals surface area contributed by atoms with E-state index in [1.807, 2.05) is 12.1 Å². The number of hydrogen-bond donors (Lipinski definition) is 2. The third-order valence-corrected chi connectivity index (χ3v) is 2.60. The van der Waals surface area contributed by atoms with Crippen molar-refractivity contribution in [1.82, 2.24) is 0 Å². The maximum Gasteiger partial charge on any atom is 0.238 e. The first-order valence-electron chi connectivity index (χ1n) is 4.99. The monoisotopic (exact) mass is 206 g/mol. The van der Waals surface area contributed by atoms with Gasteiger partial charge in [-0.1, -0.05) is 12.1 Å². The van der Waals surface area contributed by atoms with Crippen LogP contribution in [-0.2, 0) is 11.2 Å². The number of carbonyl (C=O) groups excluding carboxylic acids is 1. The van der Waals surface area contributed by atoms with Gasteiger partial charge in [0, 0.05) is 0 Å². The minimum Gasteiger partial charge on any atom is -0.493 e. The van der Waals surface area contributed by atoms with Crippen LogP contribution < -0.4 is 16.2 Å². The molecular formula is C11H14N2O2. The van der Waals surface area contributed by atoms with Crippen LogP contribution in [0.3, 0.4) is 0 Å². The van der Waals surface area contributed by atoms with Crippen LogP contribution in [0.5, 0.6) is 5.75 Å². The molecule has 80 valence electrons. The smallest absolute Gasteiger partial charge is 0.238 e. The number of aryl methyl sites for hydroxylation is 1. The van der Waals surface area contributed by atoms with Crippen LogP contribution in [-0.4, -0.2) is 12.5 Å². The summed E-state index contributed by atoms with van der Waals surface area (Å²) in [7, 11) is 0. The van der Waals surface area contributed by atoms with Crippen molar-refractivity contribution in [3.63, 3.8) is 0 Å². The molecule has 0 saturated carbocycles. The van der Waals surface area contributed by atoms with Crippen molar-refractivity contribution in [3.05, 3.63) is 29.3 Å². The zero-order valence-electron chi connectivity index (χ0n) is 8.40. The second kappa shape index (κ2) is 3.90. The van der Waals surface area contributed by atoms with E-state index in [0.29, 0.717) is 0 Å². The van der Waals surface area contributed by atoms with Crippen molar-refractivity contribution >= 4 is 5.91 Å². The van der Waals surface area contributed by atoms with Gasteiger partial charge in [0.25, 0.3) is 0 Å². The normalized spacial score (nSPS) is 16.3. The van der Waals surface area contributed by atoms with Gasteiger partial charge in [0.15, 0.2) is 0 Å². The molecule has 1 aliphatic heterocycles. The topological polar surface area (TPSA) is 78.3 Å². The largest absolute Gasteiger partial charge is 0.493 e. The fourth-order valence-corrected chi connectivity index (χ4v) is 1.74. The molecule has 1 atom stereocenters. The van der Waals surface area contributed by atoms with Crippen molar-refractivity contribution in [2.24, 2.45) is 11.5 Å². The summed E-state index contributed by atoms with van der Waals surface area (Å²) in [4.78, 5) is 10.9. The molecule has 1 unspecified atom stereocenters. The Kier molecular flexibility index (Phi) is 2.60. The molecule has 0 fully saturated rings. The van der Waals surface area contributed by atoms with E-state index in [1.165, 1.54) is 0 Å². The molecule has 0 saturated heterocycles. The third kappa shape index (κ3) is 1.94. The Bertz CT molecular complexity index is 390. The number of rotatable bonds is 2. The molecule has 15 heavy (non-hydrogen) atoms. The molecule has 4 nitrogen and oxygen atoms in total. The first kappa shape index (κ1) is 9.98. The molecule has 1 aromatic carbocycles. The zero-order valence-corrected chi connectivity index (χ0v) is 8.40. The van der Waals surface area contributed by atoms with Gasteiger partial charge in [-0.25, -0.2) is 0 Å². The van der Waals surface area contributed by atoms with Gasteiger partial charge < -0.3 is 16.2 Å². The van der Waals surface area contributed by atoms with E-state index >= 15 is 0 Å². The quantitative estimate of drug-likeness (QED) is 0.739. The average Bonchev–Trinajstić information content (AvgIpc) is 2.27. The fourth-order valence-electron chi connectivity index (χ4n) is 1.74. The molecule has 1 aliphatic rings. The van der Waals surface area contributed by atoms with Crippen molar-refractivity contribution in [2.45, 2.75) is 18.9 Å². The average molecular weight is 206 g/mol. The van der Waals surface area contributed by atoms with Crippen molar-refractivity contribution in [2.75, 3.05) is 6.61 Å². The van der Waals surface area contributed by atoms with E-state index in [0.717, 1.165) is 36.3 Å². The highest BCUT2D eigenvalue weighted by Gasteiger charge is 2.16. The van der Waals surface area contributed by atoms with E-state index in [1.54, 1.807) is 6.07 Å². The van der Waals surface area contributed by atoms with Crippen LogP contribution in [0.4, 0.5) is 0 Å². The standard InChI is InChI=1S/C11H14N2O2/c12-10(11(13)14)8-3-4-9-7(6-8)2-1-5-15-9/h3-4,6,10H,1-2,5,12H2,(H2,13,14). The van der Waals surface area contributed by atoms with Gasteiger partial charge in [0.1, 0.15) is 11.8 Å². The van der Waals surface area contributed by atoms with Crippen molar-refractivity contribution < 1.29 is 9.53 Å². The number of ether oxygens (including phenoxy) is 1. The number of hydrogen-bond acceptors (Lipinski definition) is 3. The molecule has 4 N–H and O–H groups in total. The van der Waals surface area contributed by atoms with Gasteiger partial charge in [-0.15, -0.1) is 0 Å². The van der Waals surface area contributed by atoms with Crippen molar-refractivity contribution in [3.8, 4) is 5.75 Å². The molecule has 0 bridgehead atoms. The molecule has 2 rings (SSSR count). The number of nitrogens with two attached hydrogens (primary N) is 2. The summed E-state index contributed by atoms with van der Waals surface area (Å²) in [5.74, 6) is 0.383. The third-order valence-electron chi connectivity index (χ3n) is 2.60. The van der Waals surface area contributed by atoms with Crippen LogP contribution in [0.2, 0.25) is 0 Å². The minimum absolute atomic E-state index is 0.508. The van der Waals surface area contributed by atoms with Crippen LogP contribution in [0.15, 0.2) is 18.2 Å². The molecule has 0 aromatic heterocycles. The molecule has 0 radical (unpaired) electrons. The first-order chi connectivity index (χ1) is 7.18. The van der Waals surface area contributed by atoms with E-state index in [4.69, 9.17) is 16.2 Å². The Morgan fingerprint density at radius 1 is 1.47 bits per heavy atom. The SMILES string of the molecule is NC(=O)C(N)c1ccc2c(c1)CCCO2. The van der Waals surface area contributed by atoms with Crippen LogP contribution >= 0.6 is 0 Å². The second-order valence-corrected chi connectivity index (χ2v) is 3.70. The summed E-state index contributed by atoms with van der Waals surface area (Å²) in [5.41, 5.74) is 12.7. The highest BCUT2D eigenvalue weighted by molar-refractivity contribution is 5.81. The van der Waals surface area contributed by atoms with Gasteiger partial charge >= 0.3 is 0 Å². The first-order valence-corrected chi connectivity index (χ1v) is 4.99. The molecule has 4 heteroatoms. The lowest BCUT2D eigenvalue weighted by Crippen LogP contribution is -2.28. The summed E-state index contributed by atoms with van der Waals surface area (Å²) in [6.45, 7) is 0.758. The van der Waals surface area contributed by atoms with Crippen LogP contribution in [0.25, 0.3) is 0 Å².